The Bertz CT molecular complexity index is 339. The number of carbonyl (C=O) groups excluding carboxylic acids is 1. The summed E-state index contributed by atoms with van der Waals surface area (Å²) in [6, 6.07) is 8.22. The molecule has 3 heteroatoms. The minimum absolute atomic E-state index is 0.794. The predicted molar refractivity (Wildman–Crippen MR) is 72.2 cm³/mol. The van der Waals surface area contributed by atoms with E-state index < -0.39 is 0 Å². The Labute approximate surface area is 104 Å². The van der Waals surface area contributed by atoms with E-state index in [1.165, 1.54) is 5.56 Å². The van der Waals surface area contributed by atoms with Gasteiger partial charge < -0.3 is 10.2 Å². The van der Waals surface area contributed by atoms with Crippen molar-refractivity contribution in [2.75, 3.05) is 25.5 Å². The summed E-state index contributed by atoms with van der Waals surface area (Å²) in [6.45, 7) is 3.79. The first-order valence-electron chi connectivity index (χ1n) is 6.26. The van der Waals surface area contributed by atoms with Gasteiger partial charge in [0, 0.05) is 25.8 Å². The number of hydrogen-bond acceptors (Lipinski definition) is 2. The lowest BCUT2D eigenvalue weighted by molar-refractivity contribution is -0.118. The van der Waals surface area contributed by atoms with Crippen LogP contribution < -0.4 is 5.32 Å². The fraction of sp³-hybridized carbons (Fsp3) is 0.500. The van der Waals surface area contributed by atoms with Crippen molar-refractivity contribution in [2.45, 2.75) is 26.2 Å². The van der Waals surface area contributed by atoms with E-state index >= 15 is 0 Å². The third kappa shape index (κ3) is 4.47. The highest BCUT2D eigenvalue weighted by molar-refractivity contribution is 5.51. The standard InChI is InChI=1S/C14H22N2O/c1-3-4-10-16(12-17)11-9-13-7-5-6-8-14(13)15-2/h5-8,12,15H,3-4,9-11H2,1-2H3. The SMILES string of the molecule is CCCCN(C=O)CCc1ccccc1NC. The highest BCUT2D eigenvalue weighted by atomic mass is 16.1. The predicted octanol–water partition coefficient (Wildman–Crippen LogP) is 2.53. The van der Waals surface area contributed by atoms with Crippen LogP contribution >= 0.6 is 0 Å². The quantitative estimate of drug-likeness (QED) is 0.701. The van der Waals surface area contributed by atoms with Crippen molar-refractivity contribution in [3.05, 3.63) is 29.8 Å². The van der Waals surface area contributed by atoms with Gasteiger partial charge in [0.15, 0.2) is 0 Å². The lowest BCUT2D eigenvalue weighted by atomic mass is 10.1. The molecule has 0 heterocycles. The molecule has 0 aliphatic heterocycles. The van der Waals surface area contributed by atoms with Crippen LogP contribution in [0.5, 0.6) is 0 Å². The molecular formula is C14H22N2O. The molecule has 0 aliphatic rings. The lowest BCUT2D eigenvalue weighted by Gasteiger charge is -2.17. The molecule has 1 amide bonds. The third-order valence-electron chi connectivity index (χ3n) is 2.90. The van der Waals surface area contributed by atoms with Crippen LogP contribution in [0.3, 0.4) is 0 Å². The van der Waals surface area contributed by atoms with Gasteiger partial charge >= 0.3 is 0 Å². The van der Waals surface area contributed by atoms with Crippen molar-refractivity contribution >= 4 is 12.1 Å². The molecule has 1 aromatic rings. The van der Waals surface area contributed by atoms with E-state index in [1.54, 1.807) is 0 Å². The van der Waals surface area contributed by atoms with Gasteiger partial charge in [-0.25, -0.2) is 0 Å². The molecule has 1 N–H and O–H groups in total. The van der Waals surface area contributed by atoms with E-state index in [9.17, 15) is 4.79 Å². The number of amides is 1. The molecule has 0 spiro atoms. The van der Waals surface area contributed by atoms with E-state index in [0.29, 0.717) is 0 Å². The van der Waals surface area contributed by atoms with E-state index in [0.717, 1.165) is 44.4 Å². The van der Waals surface area contributed by atoms with Gasteiger partial charge in [0.25, 0.3) is 0 Å². The number of carbonyl (C=O) groups is 1. The number of nitrogens with zero attached hydrogens (tertiary/aromatic N) is 1. The van der Waals surface area contributed by atoms with Crippen molar-refractivity contribution in [3.63, 3.8) is 0 Å². The monoisotopic (exact) mass is 234 g/mol. The number of benzene rings is 1. The second kappa shape index (κ2) is 7.71. The highest BCUT2D eigenvalue weighted by Crippen LogP contribution is 2.14. The molecule has 3 nitrogen and oxygen atoms in total. The van der Waals surface area contributed by atoms with Crippen LogP contribution in [0.1, 0.15) is 25.3 Å². The van der Waals surface area contributed by atoms with Crippen LogP contribution in [0.15, 0.2) is 24.3 Å². The zero-order valence-electron chi connectivity index (χ0n) is 10.8. The number of hydrogen-bond donors (Lipinski definition) is 1. The normalized spacial score (nSPS) is 10.0. The highest BCUT2D eigenvalue weighted by Gasteiger charge is 2.04. The number of rotatable bonds is 8. The summed E-state index contributed by atoms with van der Waals surface area (Å²) < 4.78 is 0. The number of unbranched alkanes of at least 4 members (excludes halogenated alkanes) is 1. The second-order valence-electron chi connectivity index (χ2n) is 4.15. The Morgan fingerprint density at radius 2 is 2.06 bits per heavy atom. The molecule has 0 unspecified atom stereocenters. The zero-order chi connectivity index (χ0) is 12.5. The minimum Gasteiger partial charge on any atom is -0.388 e. The molecule has 0 bridgehead atoms. The first kappa shape index (κ1) is 13.6. The van der Waals surface area contributed by atoms with Crippen LogP contribution in [-0.2, 0) is 11.2 Å². The van der Waals surface area contributed by atoms with Gasteiger partial charge in [-0.15, -0.1) is 0 Å². The Morgan fingerprint density at radius 3 is 2.71 bits per heavy atom. The van der Waals surface area contributed by atoms with Gasteiger partial charge in [0.1, 0.15) is 0 Å². The Kier molecular flexibility index (Phi) is 6.15. The first-order chi connectivity index (χ1) is 8.31. The number of anilines is 1. The summed E-state index contributed by atoms with van der Waals surface area (Å²) in [6.07, 6.45) is 4.06. The van der Waals surface area contributed by atoms with E-state index in [-0.39, 0.29) is 0 Å². The maximum atomic E-state index is 10.9. The average molecular weight is 234 g/mol. The van der Waals surface area contributed by atoms with Gasteiger partial charge in [0.05, 0.1) is 0 Å². The van der Waals surface area contributed by atoms with Crippen molar-refractivity contribution in [2.24, 2.45) is 0 Å². The molecule has 0 atom stereocenters. The topological polar surface area (TPSA) is 32.3 Å². The molecule has 1 rings (SSSR count). The summed E-state index contributed by atoms with van der Waals surface area (Å²) in [5.74, 6) is 0. The summed E-state index contributed by atoms with van der Waals surface area (Å²) in [5.41, 5.74) is 2.41. The molecular weight excluding hydrogens is 212 g/mol. The summed E-state index contributed by atoms with van der Waals surface area (Å²) in [5, 5.41) is 3.17. The van der Waals surface area contributed by atoms with Crippen molar-refractivity contribution < 1.29 is 4.79 Å². The summed E-state index contributed by atoms with van der Waals surface area (Å²) in [7, 11) is 1.92. The van der Waals surface area contributed by atoms with Crippen LogP contribution in [0.2, 0.25) is 0 Å². The number of nitrogens with one attached hydrogen (secondary N) is 1. The maximum Gasteiger partial charge on any atom is 0.209 e. The summed E-state index contributed by atoms with van der Waals surface area (Å²) >= 11 is 0. The van der Waals surface area contributed by atoms with Gasteiger partial charge in [-0.3, -0.25) is 4.79 Å². The average Bonchev–Trinajstić information content (AvgIpc) is 2.39. The fourth-order valence-corrected chi connectivity index (χ4v) is 1.82. The van der Waals surface area contributed by atoms with Gasteiger partial charge in [-0.2, -0.15) is 0 Å². The lowest BCUT2D eigenvalue weighted by Crippen LogP contribution is -2.25. The Morgan fingerprint density at radius 1 is 1.29 bits per heavy atom. The molecule has 0 saturated carbocycles. The molecule has 0 aliphatic carbocycles. The molecule has 94 valence electrons. The minimum atomic E-state index is 0.794. The smallest absolute Gasteiger partial charge is 0.209 e. The molecule has 1 aromatic carbocycles. The van der Waals surface area contributed by atoms with E-state index in [2.05, 4.69) is 24.4 Å². The molecule has 17 heavy (non-hydrogen) atoms. The van der Waals surface area contributed by atoms with Crippen LogP contribution in [0.25, 0.3) is 0 Å². The molecule has 0 fully saturated rings. The third-order valence-corrected chi connectivity index (χ3v) is 2.90. The van der Waals surface area contributed by atoms with Crippen LogP contribution in [0.4, 0.5) is 5.69 Å². The zero-order valence-corrected chi connectivity index (χ0v) is 10.8. The first-order valence-corrected chi connectivity index (χ1v) is 6.26. The Balaban J connectivity index is 2.50. The number of para-hydroxylation sites is 1. The van der Waals surface area contributed by atoms with Gasteiger partial charge in [0.2, 0.25) is 6.41 Å². The second-order valence-corrected chi connectivity index (χ2v) is 4.15. The maximum absolute atomic E-state index is 10.9. The molecule has 0 radical (unpaired) electrons. The van der Waals surface area contributed by atoms with E-state index in [4.69, 9.17) is 0 Å². The van der Waals surface area contributed by atoms with Crippen LogP contribution in [-0.4, -0.2) is 31.4 Å². The molecule has 0 saturated heterocycles. The van der Waals surface area contributed by atoms with Crippen LogP contribution in [0, 0.1) is 0 Å². The fourth-order valence-electron chi connectivity index (χ4n) is 1.82. The summed E-state index contributed by atoms with van der Waals surface area (Å²) in [4.78, 5) is 12.8. The van der Waals surface area contributed by atoms with Crippen molar-refractivity contribution in [3.8, 4) is 0 Å². The molecule has 0 aromatic heterocycles. The van der Waals surface area contributed by atoms with Gasteiger partial charge in [-0.1, -0.05) is 31.5 Å². The van der Waals surface area contributed by atoms with Crippen molar-refractivity contribution in [1.82, 2.24) is 4.90 Å². The van der Waals surface area contributed by atoms with Gasteiger partial charge in [-0.05, 0) is 24.5 Å². The largest absolute Gasteiger partial charge is 0.388 e. The van der Waals surface area contributed by atoms with E-state index in [1.807, 2.05) is 24.1 Å². The van der Waals surface area contributed by atoms with Crippen molar-refractivity contribution in [1.29, 1.82) is 0 Å². The Hall–Kier alpha value is -1.51.